The van der Waals surface area contributed by atoms with E-state index >= 15 is 0 Å². The molecule has 1 aliphatic carbocycles. The maximum absolute atomic E-state index is 12.5. The summed E-state index contributed by atoms with van der Waals surface area (Å²) in [6, 6.07) is 10.4. The number of hydrogen-bond donors (Lipinski definition) is 1. The highest BCUT2D eigenvalue weighted by Gasteiger charge is 2.20. The van der Waals surface area contributed by atoms with E-state index in [4.69, 9.17) is 4.74 Å². The number of carbonyl (C=O) groups is 1. The van der Waals surface area contributed by atoms with Crippen molar-refractivity contribution in [3.05, 3.63) is 51.2 Å². The lowest BCUT2D eigenvalue weighted by molar-refractivity contribution is 0.0959. The number of anilines is 1. The molecule has 5 nitrogen and oxygen atoms in total. The van der Waals surface area contributed by atoms with Crippen molar-refractivity contribution in [1.29, 1.82) is 0 Å². The molecule has 0 saturated carbocycles. The van der Waals surface area contributed by atoms with Gasteiger partial charge in [-0.15, -0.1) is 11.3 Å². The summed E-state index contributed by atoms with van der Waals surface area (Å²) in [7, 11) is 0. The molecular formula is C22H27N3O2S. The summed E-state index contributed by atoms with van der Waals surface area (Å²) < 4.78 is 5.41. The summed E-state index contributed by atoms with van der Waals surface area (Å²) in [5, 5.41) is 4.32. The van der Waals surface area contributed by atoms with E-state index in [0.29, 0.717) is 5.92 Å². The second kappa shape index (κ2) is 8.45. The van der Waals surface area contributed by atoms with Crippen LogP contribution in [0.25, 0.3) is 0 Å². The minimum Gasteiger partial charge on any atom is -0.378 e. The molecule has 28 heavy (non-hydrogen) atoms. The maximum atomic E-state index is 12.5. The van der Waals surface area contributed by atoms with Gasteiger partial charge in [-0.3, -0.25) is 4.79 Å². The summed E-state index contributed by atoms with van der Waals surface area (Å²) in [6.45, 7) is 7.60. The van der Waals surface area contributed by atoms with Crippen molar-refractivity contribution in [1.82, 2.24) is 5.43 Å². The number of nitrogens with one attached hydrogen (secondary N) is 1. The SMILES string of the molecule is CC(=NNC(=O)c1cc2c(s1)CCC(C)C2)c1ccc(N2CCOCC2)cc1. The van der Waals surface area contributed by atoms with Gasteiger partial charge < -0.3 is 9.64 Å². The number of hydrogen-bond acceptors (Lipinski definition) is 5. The lowest BCUT2D eigenvalue weighted by atomic mass is 9.90. The van der Waals surface area contributed by atoms with Crippen LogP contribution in [0.2, 0.25) is 0 Å². The summed E-state index contributed by atoms with van der Waals surface area (Å²) in [4.78, 5) is 17.0. The topological polar surface area (TPSA) is 53.9 Å². The third-order valence-corrected chi connectivity index (χ3v) is 6.78. The van der Waals surface area contributed by atoms with Crippen LogP contribution >= 0.6 is 11.3 Å². The summed E-state index contributed by atoms with van der Waals surface area (Å²) in [5.74, 6) is 0.593. The Morgan fingerprint density at radius 2 is 2.00 bits per heavy atom. The molecule has 2 aliphatic rings. The smallest absolute Gasteiger partial charge is 0.281 e. The molecule has 1 aliphatic heterocycles. The fourth-order valence-electron chi connectivity index (χ4n) is 3.81. The minimum absolute atomic E-state index is 0.115. The van der Waals surface area contributed by atoms with Gasteiger partial charge in [-0.05, 0) is 61.4 Å². The van der Waals surface area contributed by atoms with Crippen molar-refractivity contribution in [3.63, 3.8) is 0 Å². The maximum Gasteiger partial charge on any atom is 0.281 e. The molecule has 0 radical (unpaired) electrons. The molecule has 4 rings (SSSR count). The number of fused-ring (bicyclic) bond motifs is 1. The normalized spacial score (nSPS) is 20.0. The molecule has 148 valence electrons. The first-order valence-corrected chi connectivity index (χ1v) is 10.8. The molecule has 1 amide bonds. The van der Waals surface area contributed by atoms with Gasteiger partial charge in [0.05, 0.1) is 23.8 Å². The number of morpholine rings is 1. The zero-order chi connectivity index (χ0) is 19.5. The lowest BCUT2D eigenvalue weighted by Gasteiger charge is -2.28. The predicted molar refractivity (Wildman–Crippen MR) is 115 cm³/mol. The third kappa shape index (κ3) is 4.28. The van der Waals surface area contributed by atoms with Gasteiger partial charge in [0.25, 0.3) is 5.91 Å². The molecule has 0 spiro atoms. The van der Waals surface area contributed by atoms with Crippen LogP contribution in [0, 0.1) is 5.92 Å². The average Bonchev–Trinajstić information content (AvgIpc) is 3.16. The van der Waals surface area contributed by atoms with Gasteiger partial charge in [0.15, 0.2) is 0 Å². The van der Waals surface area contributed by atoms with Crippen molar-refractivity contribution >= 4 is 28.6 Å². The van der Waals surface area contributed by atoms with Crippen LogP contribution in [0.15, 0.2) is 35.4 Å². The molecule has 2 heterocycles. The average molecular weight is 398 g/mol. The number of thiophene rings is 1. The second-order valence-corrected chi connectivity index (χ2v) is 8.83. The second-order valence-electron chi connectivity index (χ2n) is 7.69. The summed E-state index contributed by atoms with van der Waals surface area (Å²) in [6.07, 6.45) is 3.38. The molecule has 1 saturated heterocycles. The number of benzene rings is 1. The fourth-order valence-corrected chi connectivity index (χ4v) is 4.91. The Bertz CT molecular complexity index is 866. The third-order valence-electron chi connectivity index (χ3n) is 5.54. The zero-order valence-electron chi connectivity index (χ0n) is 16.5. The van der Waals surface area contributed by atoms with Gasteiger partial charge in [0, 0.05) is 23.7 Å². The molecule has 1 unspecified atom stereocenters. The van der Waals surface area contributed by atoms with E-state index in [2.05, 4.69) is 46.6 Å². The first kappa shape index (κ1) is 19.2. The van der Waals surface area contributed by atoms with E-state index in [9.17, 15) is 4.79 Å². The molecule has 2 aromatic rings. The zero-order valence-corrected chi connectivity index (χ0v) is 17.3. The molecule has 1 N–H and O–H groups in total. The highest BCUT2D eigenvalue weighted by atomic mass is 32.1. The van der Waals surface area contributed by atoms with E-state index < -0.39 is 0 Å². The Morgan fingerprint density at radius 3 is 2.75 bits per heavy atom. The van der Waals surface area contributed by atoms with Gasteiger partial charge in [0.2, 0.25) is 0 Å². The Kier molecular flexibility index (Phi) is 5.78. The number of carbonyl (C=O) groups excluding carboxylic acids is 1. The van der Waals surface area contributed by atoms with Crippen LogP contribution in [0.4, 0.5) is 5.69 Å². The van der Waals surface area contributed by atoms with Gasteiger partial charge in [-0.2, -0.15) is 5.10 Å². The molecule has 1 aromatic carbocycles. The molecular weight excluding hydrogens is 370 g/mol. The van der Waals surface area contributed by atoms with Crippen LogP contribution in [0.1, 0.15) is 45.9 Å². The first-order valence-electron chi connectivity index (χ1n) is 9.99. The van der Waals surface area contributed by atoms with Crippen LogP contribution in [0.3, 0.4) is 0 Å². The Labute approximate surface area is 170 Å². The van der Waals surface area contributed by atoms with Gasteiger partial charge in [0.1, 0.15) is 0 Å². The highest BCUT2D eigenvalue weighted by Crippen LogP contribution is 2.32. The molecule has 6 heteroatoms. The van der Waals surface area contributed by atoms with Gasteiger partial charge in [-0.1, -0.05) is 19.1 Å². The van der Waals surface area contributed by atoms with Crippen LogP contribution in [-0.4, -0.2) is 37.9 Å². The van der Waals surface area contributed by atoms with Crippen LogP contribution < -0.4 is 10.3 Å². The number of ether oxygens (including phenoxy) is 1. The predicted octanol–water partition coefficient (Wildman–Crippen LogP) is 3.86. The lowest BCUT2D eigenvalue weighted by Crippen LogP contribution is -2.36. The fraction of sp³-hybridized carbons (Fsp3) is 0.455. The number of nitrogens with zero attached hydrogens (tertiary/aromatic N) is 2. The molecule has 0 bridgehead atoms. The Morgan fingerprint density at radius 1 is 1.25 bits per heavy atom. The Hall–Kier alpha value is -2.18. The van der Waals surface area contributed by atoms with Crippen LogP contribution in [0.5, 0.6) is 0 Å². The highest BCUT2D eigenvalue weighted by molar-refractivity contribution is 7.14. The quantitative estimate of drug-likeness (QED) is 0.630. The van der Waals surface area contributed by atoms with Gasteiger partial charge >= 0.3 is 0 Å². The number of rotatable bonds is 4. The molecule has 1 fully saturated rings. The monoisotopic (exact) mass is 397 g/mol. The molecule has 1 aromatic heterocycles. The van der Waals surface area contributed by atoms with E-state index in [1.54, 1.807) is 11.3 Å². The molecule has 1 atom stereocenters. The number of hydrazone groups is 1. The number of amides is 1. The van der Waals surface area contributed by atoms with E-state index in [1.807, 2.05) is 13.0 Å². The first-order chi connectivity index (χ1) is 13.6. The van der Waals surface area contributed by atoms with E-state index in [0.717, 1.165) is 55.3 Å². The van der Waals surface area contributed by atoms with Crippen molar-refractivity contribution in [3.8, 4) is 0 Å². The van der Waals surface area contributed by atoms with Gasteiger partial charge in [-0.25, -0.2) is 5.43 Å². The van der Waals surface area contributed by atoms with Crippen molar-refractivity contribution in [2.24, 2.45) is 11.0 Å². The van der Waals surface area contributed by atoms with Crippen molar-refractivity contribution < 1.29 is 9.53 Å². The van der Waals surface area contributed by atoms with E-state index in [-0.39, 0.29) is 5.91 Å². The largest absolute Gasteiger partial charge is 0.378 e. The van der Waals surface area contributed by atoms with Crippen molar-refractivity contribution in [2.45, 2.75) is 33.1 Å². The Balaban J connectivity index is 1.39. The summed E-state index contributed by atoms with van der Waals surface area (Å²) in [5.41, 5.74) is 7.08. The summed E-state index contributed by atoms with van der Waals surface area (Å²) >= 11 is 1.61. The number of aryl methyl sites for hydroxylation is 1. The van der Waals surface area contributed by atoms with Crippen molar-refractivity contribution in [2.75, 3.05) is 31.2 Å². The van der Waals surface area contributed by atoms with E-state index in [1.165, 1.54) is 22.5 Å². The minimum atomic E-state index is -0.115. The standard InChI is InChI=1S/C22H27N3O2S/c1-15-3-8-20-18(13-15)14-21(28-20)22(26)24-23-16(2)17-4-6-19(7-5-17)25-9-11-27-12-10-25/h4-7,14-15H,3,8-13H2,1-2H3,(H,24,26). The van der Waals surface area contributed by atoms with Crippen LogP contribution in [-0.2, 0) is 17.6 Å².